The van der Waals surface area contributed by atoms with Gasteiger partial charge in [-0.15, -0.1) is 0 Å². The van der Waals surface area contributed by atoms with Gasteiger partial charge in [-0.1, -0.05) is 30.5 Å². The summed E-state index contributed by atoms with van der Waals surface area (Å²) in [4.78, 5) is 0. The molecule has 19 heavy (non-hydrogen) atoms. The first-order chi connectivity index (χ1) is 9.23. The molecule has 0 radical (unpaired) electrons. The first kappa shape index (κ1) is 13.0. The first-order valence-corrected chi connectivity index (χ1v) is 7.67. The Morgan fingerprint density at radius 1 is 1.26 bits per heavy atom. The van der Waals surface area contributed by atoms with Crippen LogP contribution < -0.4 is 10.5 Å². The summed E-state index contributed by atoms with van der Waals surface area (Å²) in [5, 5.41) is 0. The number of hydrogen-bond donors (Lipinski definition) is 1. The first-order valence-electron chi connectivity index (χ1n) is 7.67. The van der Waals surface area contributed by atoms with Gasteiger partial charge in [-0.3, -0.25) is 0 Å². The van der Waals surface area contributed by atoms with Gasteiger partial charge in [0.15, 0.2) is 0 Å². The highest BCUT2D eigenvalue weighted by Crippen LogP contribution is 2.44. The zero-order chi connectivity index (χ0) is 13.3. The molecule has 2 heteroatoms. The average molecular weight is 259 g/mol. The van der Waals surface area contributed by atoms with Gasteiger partial charge in [0.25, 0.3) is 0 Å². The SMILES string of the molecule is Cc1ccc(OCC2CC2)c(C2(CN)CCCC2)c1. The van der Waals surface area contributed by atoms with Crippen molar-refractivity contribution in [3.05, 3.63) is 29.3 Å². The Balaban J connectivity index is 1.89. The lowest BCUT2D eigenvalue weighted by Crippen LogP contribution is -2.32. The summed E-state index contributed by atoms with van der Waals surface area (Å²) in [6, 6.07) is 6.62. The van der Waals surface area contributed by atoms with Gasteiger partial charge in [0.05, 0.1) is 6.61 Å². The lowest BCUT2D eigenvalue weighted by Gasteiger charge is -2.30. The van der Waals surface area contributed by atoms with Crippen molar-refractivity contribution >= 4 is 0 Å². The van der Waals surface area contributed by atoms with Crippen molar-refractivity contribution in [3.8, 4) is 5.75 Å². The molecule has 2 fully saturated rings. The van der Waals surface area contributed by atoms with Crippen LogP contribution in [0.3, 0.4) is 0 Å². The molecule has 0 atom stereocenters. The maximum absolute atomic E-state index is 6.13. The Labute approximate surface area is 116 Å². The third-order valence-corrected chi connectivity index (χ3v) is 4.83. The van der Waals surface area contributed by atoms with E-state index in [0.29, 0.717) is 0 Å². The summed E-state index contributed by atoms with van der Waals surface area (Å²) in [6.45, 7) is 3.79. The van der Waals surface area contributed by atoms with E-state index in [-0.39, 0.29) is 5.41 Å². The Morgan fingerprint density at radius 2 is 2.00 bits per heavy atom. The van der Waals surface area contributed by atoms with Crippen molar-refractivity contribution in [2.45, 2.75) is 50.9 Å². The van der Waals surface area contributed by atoms with Crippen LogP contribution in [0.5, 0.6) is 5.75 Å². The topological polar surface area (TPSA) is 35.2 Å². The molecule has 0 aromatic heterocycles. The van der Waals surface area contributed by atoms with Gasteiger partial charge in [-0.2, -0.15) is 0 Å². The summed E-state index contributed by atoms with van der Waals surface area (Å²) < 4.78 is 6.10. The zero-order valence-corrected chi connectivity index (χ0v) is 12.0. The normalized spacial score (nSPS) is 21.6. The van der Waals surface area contributed by atoms with E-state index in [1.165, 1.54) is 49.7 Å². The molecule has 0 saturated heterocycles. The van der Waals surface area contributed by atoms with Crippen LogP contribution in [-0.2, 0) is 5.41 Å². The predicted molar refractivity (Wildman–Crippen MR) is 78.6 cm³/mol. The van der Waals surface area contributed by atoms with Crippen molar-refractivity contribution in [3.63, 3.8) is 0 Å². The van der Waals surface area contributed by atoms with E-state index in [9.17, 15) is 0 Å². The lowest BCUT2D eigenvalue weighted by atomic mass is 9.78. The van der Waals surface area contributed by atoms with Gasteiger partial charge in [-0.05, 0) is 44.6 Å². The van der Waals surface area contributed by atoms with Crippen LogP contribution in [0.2, 0.25) is 0 Å². The van der Waals surface area contributed by atoms with Crippen molar-refractivity contribution in [1.29, 1.82) is 0 Å². The van der Waals surface area contributed by atoms with Crippen LogP contribution in [0, 0.1) is 12.8 Å². The largest absolute Gasteiger partial charge is 0.493 e. The highest BCUT2D eigenvalue weighted by molar-refractivity contribution is 5.43. The Bertz CT molecular complexity index is 445. The standard InChI is InChI=1S/C17H25NO/c1-13-4-7-16(19-11-14-5-6-14)15(10-13)17(12-18)8-2-3-9-17/h4,7,10,14H,2-3,5-6,8-9,11-12,18H2,1H3. The molecule has 2 N–H and O–H groups in total. The maximum atomic E-state index is 6.13. The van der Waals surface area contributed by atoms with Crippen molar-refractivity contribution < 1.29 is 4.74 Å². The number of hydrogen-bond acceptors (Lipinski definition) is 2. The molecule has 1 aromatic rings. The number of ether oxygens (including phenoxy) is 1. The quantitative estimate of drug-likeness (QED) is 0.877. The summed E-state index contributed by atoms with van der Waals surface area (Å²) in [6.07, 6.45) is 7.70. The monoisotopic (exact) mass is 259 g/mol. The van der Waals surface area contributed by atoms with Crippen LogP contribution >= 0.6 is 0 Å². The van der Waals surface area contributed by atoms with Crippen LogP contribution in [-0.4, -0.2) is 13.2 Å². The molecule has 2 saturated carbocycles. The highest BCUT2D eigenvalue weighted by Gasteiger charge is 2.37. The minimum Gasteiger partial charge on any atom is -0.493 e. The fraction of sp³-hybridized carbons (Fsp3) is 0.647. The van der Waals surface area contributed by atoms with Crippen LogP contribution in [0.4, 0.5) is 0 Å². The van der Waals surface area contributed by atoms with Gasteiger partial charge in [-0.25, -0.2) is 0 Å². The minimum atomic E-state index is 0.172. The van der Waals surface area contributed by atoms with E-state index >= 15 is 0 Å². The maximum Gasteiger partial charge on any atom is 0.123 e. The summed E-state index contributed by atoms with van der Waals surface area (Å²) in [5.74, 6) is 1.89. The van der Waals surface area contributed by atoms with E-state index in [2.05, 4.69) is 25.1 Å². The predicted octanol–water partition coefficient (Wildman–Crippen LogP) is 3.55. The average Bonchev–Trinajstić information content (AvgIpc) is 3.13. The second kappa shape index (κ2) is 5.16. The Hall–Kier alpha value is -1.02. The number of aryl methyl sites for hydroxylation is 1. The molecule has 0 aliphatic heterocycles. The lowest BCUT2D eigenvalue weighted by molar-refractivity contribution is 0.287. The van der Waals surface area contributed by atoms with E-state index in [4.69, 9.17) is 10.5 Å². The summed E-state index contributed by atoms with van der Waals surface area (Å²) >= 11 is 0. The molecule has 2 nitrogen and oxygen atoms in total. The van der Waals surface area contributed by atoms with Crippen LogP contribution in [0.1, 0.15) is 49.7 Å². The number of rotatable bonds is 5. The molecule has 0 unspecified atom stereocenters. The van der Waals surface area contributed by atoms with Crippen molar-refractivity contribution in [1.82, 2.24) is 0 Å². The molecule has 1 aromatic carbocycles. The fourth-order valence-corrected chi connectivity index (χ4v) is 3.31. The number of benzene rings is 1. The van der Waals surface area contributed by atoms with E-state index in [1.807, 2.05) is 0 Å². The van der Waals surface area contributed by atoms with Gasteiger partial charge >= 0.3 is 0 Å². The second-order valence-electron chi connectivity index (χ2n) is 6.45. The van der Waals surface area contributed by atoms with Gasteiger partial charge in [0.2, 0.25) is 0 Å². The third-order valence-electron chi connectivity index (χ3n) is 4.83. The molecule has 104 valence electrons. The molecule has 0 amide bonds. The van der Waals surface area contributed by atoms with Gasteiger partial charge < -0.3 is 10.5 Å². The van der Waals surface area contributed by atoms with Crippen LogP contribution in [0.25, 0.3) is 0 Å². The van der Waals surface area contributed by atoms with E-state index in [1.54, 1.807) is 0 Å². The van der Waals surface area contributed by atoms with Gasteiger partial charge in [0, 0.05) is 17.5 Å². The molecule has 0 spiro atoms. The molecule has 0 heterocycles. The molecule has 0 bridgehead atoms. The van der Waals surface area contributed by atoms with Crippen molar-refractivity contribution in [2.75, 3.05) is 13.2 Å². The highest BCUT2D eigenvalue weighted by atomic mass is 16.5. The Morgan fingerprint density at radius 3 is 2.63 bits per heavy atom. The molecular weight excluding hydrogens is 234 g/mol. The smallest absolute Gasteiger partial charge is 0.123 e. The zero-order valence-electron chi connectivity index (χ0n) is 12.0. The fourth-order valence-electron chi connectivity index (χ4n) is 3.31. The molecule has 3 rings (SSSR count). The third kappa shape index (κ3) is 2.64. The second-order valence-corrected chi connectivity index (χ2v) is 6.45. The van der Waals surface area contributed by atoms with E-state index in [0.717, 1.165) is 24.8 Å². The van der Waals surface area contributed by atoms with Gasteiger partial charge in [0.1, 0.15) is 5.75 Å². The molecule has 2 aliphatic carbocycles. The summed E-state index contributed by atoms with van der Waals surface area (Å²) in [5.41, 5.74) is 8.99. The Kier molecular flexibility index (Phi) is 3.53. The molecule has 2 aliphatic rings. The number of nitrogens with two attached hydrogens (primary N) is 1. The van der Waals surface area contributed by atoms with Crippen LogP contribution in [0.15, 0.2) is 18.2 Å². The summed E-state index contributed by atoms with van der Waals surface area (Å²) in [7, 11) is 0. The van der Waals surface area contributed by atoms with Crippen molar-refractivity contribution in [2.24, 2.45) is 11.7 Å². The molecular formula is C17H25NO. The van der Waals surface area contributed by atoms with E-state index < -0.39 is 0 Å². The minimum absolute atomic E-state index is 0.172.